The lowest BCUT2D eigenvalue weighted by atomic mass is 9.78. The average molecular weight is 237 g/mol. The maximum absolute atomic E-state index is 13.4. The molecular weight excluding hydrogens is 221 g/mol. The van der Waals surface area contributed by atoms with Crippen molar-refractivity contribution in [2.24, 2.45) is 5.84 Å². The van der Waals surface area contributed by atoms with Crippen LogP contribution >= 0.6 is 0 Å². The Hall–Kier alpha value is -1.62. The standard InChI is InChI=1S/C12H16FN3O/c1-12(6-3-7-12)15-11(17)8-4-2-5-9(13)10(8)16-14/h2,4-5,16H,3,6-7,14H2,1H3,(H,15,17). The molecule has 5 heteroatoms. The Balaban J connectivity index is 2.21. The first-order chi connectivity index (χ1) is 8.06. The summed E-state index contributed by atoms with van der Waals surface area (Å²) in [4.78, 5) is 12.0. The first-order valence-electron chi connectivity index (χ1n) is 5.63. The van der Waals surface area contributed by atoms with Gasteiger partial charge in [0.15, 0.2) is 0 Å². The molecule has 17 heavy (non-hydrogen) atoms. The highest BCUT2D eigenvalue weighted by Gasteiger charge is 2.33. The minimum Gasteiger partial charge on any atom is -0.347 e. The van der Waals surface area contributed by atoms with Crippen LogP contribution in [0, 0.1) is 5.82 Å². The second-order valence-electron chi connectivity index (χ2n) is 4.68. The third-order valence-electron chi connectivity index (χ3n) is 3.27. The summed E-state index contributed by atoms with van der Waals surface area (Å²) in [5.74, 6) is 4.41. The molecule has 0 bridgehead atoms. The van der Waals surface area contributed by atoms with Gasteiger partial charge in [-0.3, -0.25) is 10.6 Å². The fourth-order valence-electron chi connectivity index (χ4n) is 2.03. The fourth-order valence-corrected chi connectivity index (χ4v) is 2.03. The molecule has 0 radical (unpaired) electrons. The van der Waals surface area contributed by atoms with Crippen LogP contribution in [0.25, 0.3) is 0 Å². The molecule has 0 atom stereocenters. The van der Waals surface area contributed by atoms with Gasteiger partial charge in [-0.2, -0.15) is 0 Å². The zero-order valence-corrected chi connectivity index (χ0v) is 9.72. The average Bonchev–Trinajstić information content (AvgIpc) is 2.26. The number of carbonyl (C=O) groups is 1. The number of hydrogen-bond acceptors (Lipinski definition) is 3. The van der Waals surface area contributed by atoms with Crippen molar-refractivity contribution >= 4 is 11.6 Å². The zero-order valence-electron chi connectivity index (χ0n) is 9.72. The van der Waals surface area contributed by atoms with E-state index in [-0.39, 0.29) is 22.7 Å². The van der Waals surface area contributed by atoms with Gasteiger partial charge in [0, 0.05) is 5.54 Å². The van der Waals surface area contributed by atoms with Gasteiger partial charge in [0.2, 0.25) is 0 Å². The Kier molecular flexibility index (Phi) is 3.02. The van der Waals surface area contributed by atoms with Gasteiger partial charge in [-0.15, -0.1) is 0 Å². The van der Waals surface area contributed by atoms with Gasteiger partial charge >= 0.3 is 0 Å². The van der Waals surface area contributed by atoms with E-state index in [1.54, 1.807) is 6.07 Å². The largest absolute Gasteiger partial charge is 0.347 e. The first kappa shape index (κ1) is 11.9. The molecule has 0 unspecified atom stereocenters. The molecule has 0 saturated heterocycles. The summed E-state index contributed by atoms with van der Waals surface area (Å²) in [7, 11) is 0. The van der Waals surface area contributed by atoms with E-state index in [0.29, 0.717) is 0 Å². The molecule has 0 aromatic heterocycles. The Morgan fingerprint density at radius 1 is 1.47 bits per heavy atom. The van der Waals surface area contributed by atoms with E-state index >= 15 is 0 Å². The van der Waals surface area contributed by atoms with Gasteiger partial charge in [-0.05, 0) is 38.3 Å². The summed E-state index contributed by atoms with van der Waals surface area (Å²) >= 11 is 0. The maximum atomic E-state index is 13.4. The molecule has 92 valence electrons. The molecule has 1 aromatic rings. The van der Waals surface area contributed by atoms with Crippen molar-refractivity contribution < 1.29 is 9.18 Å². The normalized spacial score (nSPS) is 17.1. The summed E-state index contributed by atoms with van der Waals surface area (Å²) in [5, 5.41) is 2.91. The van der Waals surface area contributed by atoms with Crippen LogP contribution in [-0.4, -0.2) is 11.4 Å². The molecule has 4 N–H and O–H groups in total. The lowest BCUT2D eigenvalue weighted by Gasteiger charge is -2.39. The van der Waals surface area contributed by atoms with E-state index in [2.05, 4.69) is 10.7 Å². The molecule has 4 nitrogen and oxygen atoms in total. The first-order valence-corrected chi connectivity index (χ1v) is 5.63. The number of halogens is 1. The van der Waals surface area contributed by atoms with Crippen molar-refractivity contribution in [3.8, 4) is 0 Å². The molecule has 1 saturated carbocycles. The maximum Gasteiger partial charge on any atom is 0.253 e. The number of nitrogens with two attached hydrogens (primary N) is 1. The molecule has 0 spiro atoms. The van der Waals surface area contributed by atoms with E-state index in [1.165, 1.54) is 12.1 Å². The number of hydrazine groups is 1. The number of para-hydroxylation sites is 1. The van der Waals surface area contributed by atoms with Crippen LogP contribution in [0.1, 0.15) is 36.5 Å². The molecule has 2 rings (SSSR count). The predicted octanol–water partition coefficient (Wildman–Crippen LogP) is 1.78. The van der Waals surface area contributed by atoms with Gasteiger partial charge < -0.3 is 10.7 Å². The highest BCUT2D eigenvalue weighted by molar-refractivity contribution is 6.00. The molecule has 1 aromatic carbocycles. The molecule has 1 fully saturated rings. The SMILES string of the molecule is CC1(NC(=O)c2cccc(F)c2NN)CCC1. The number of carbonyl (C=O) groups excluding carboxylic acids is 1. The van der Waals surface area contributed by atoms with Crippen LogP contribution in [0.15, 0.2) is 18.2 Å². The van der Waals surface area contributed by atoms with Crippen molar-refractivity contribution in [2.45, 2.75) is 31.7 Å². The quantitative estimate of drug-likeness (QED) is 0.554. The molecule has 0 aliphatic heterocycles. The Morgan fingerprint density at radius 3 is 2.71 bits per heavy atom. The second-order valence-corrected chi connectivity index (χ2v) is 4.68. The third-order valence-corrected chi connectivity index (χ3v) is 3.27. The van der Waals surface area contributed by atoms with Crippen molar-refractivity contribution in [3.05, 3.63) is 29.6 Å². The Bertz CT molecular complexity index is 443. The number of amides is 1. The summed E-state index contributed by atoms with van der Waals surface area (Å²) < 4.78 is 13.4. The predicted molar refractivity (Wildman–Crippen MR) is 63.9 cm³/mol. The monoisotopic (exact) mass is 237 g/mol. The van der Waals surface area contributed by atoms with Crippen LogP contribution in [-0.2, 0) is 0 Å². The lowest BCUT2D eigenvalue weighted by Crippen LogP contribution is -2.51. The molecular formula is C12H16FN3O. The molecule has 1 amide bonds. The zero-order chi connectivity index (χ0) is 12.5. The number of nitrogen functional groups attached to an aromatic ring is 1. The lowest BCUT2D eigenvalue weighted by molar-refractivity contribution is 0.0851. The minimum atomic E-state index is -0.529. The summed E-state index contributed by atoms with van der Waals surface area (Å²) in [6.45, 7) is 1.99. The number of hydrogen-bond donors (Lipinski definition) is 3. The second kappa shape index (κ2) is 4.33. The number of nitrogens with one attached hydrogen (secondary N) is 2. The highest BCUT2D eigenvalue weighted by Crippen LogP contribution is 2.31. The van der Waals surface area contributed by atoms with E-state index in [4.69, 9.17) is 5.84 Å². The Labute approximate surface area is 99.4 Å². The van der Waals surface area contributed by atoms with Crippen LogP contribution in [0.4, 0.5) is 10.1 Å². The third kappa shape index (κ3) is 2.24. The number of benzene rings is 1. The van der Waals surface area contributed by atoms with Crippen LogP contribution < -0.4 is 16.6 Å². The van der Waals surface area contributed by atoms with E-state index in [0.717, 1.165) is 19.3 Å². The van der Waals surface area contributed by atoms with Gasteiger partial charge in [0.05, 0.1) is 11.3 Å². The Morgan fingerprint density at radius 2 is 2.18 bits per heavy atom. The van der Waals surface area contributed by atoms with E-state index in [1.807, 2.05) is 6.92 Å². The molecule has 1 aliphatic rings. The number of rotatable bonds is 3. The highest BCUT2D eigenvalue weighted by atomic mass is 19.1. The van der Waals surface area contributed by atoms with Crippen molar-refractivity contribution in [1.82, 2.24) is 5.32 Å². The smallest absolute Gasteiger partial charge is 0.253 e. The van der Waals surface area contributed by atoms with Gasteiger partial charge in [-0.1, -0.05) is 6.07 Å². The van der Waals surface area contributed by atoms with Crippen LogP contribution in [0.3, 0.4) is 0 Å². The summed E-state index contributed by atoms with van der Waals surface area (Å²) in [6, 6.07) is 4.31. The number of anilines is 1. The van der Waals surface area contributed by atoms with Crippen molar-refractivity contribution in [1.29, 1.82) is 0 Å². The van der Waals surface area contributed by atoms with E-state index < -0.39 is 5.82 Å². The summed E-state index contributed by atoms with van der Waals surface area (Å²) in [5.41, 5.74) is 2.35. The summed E-state index contributed by atoms with van der Waals surface area (Å²) in [6.07, 6.45) is 3.03. The van der Waals surface area contributed by atoms with Crippen molar-refractivity contribution in [3.63, 3.8) is 0 Å². The molecule has 0 heterocycles. The topological polar surface area (TPSA) is 67.2 Å². The minimum absolute atomic E-state index is 0.0351. The van der Waals surface area contributed by atoms with Crippen LogP contribution in [0.2, 0.25) is 0 Å². The van der Waals surface area contributed by atoms with E-state index in [9.17, 15) is 9.18 Å². The fraction of sp³-hybridized carbons (Fsp3) is 0.417. The van der Waals surface area contributed by atoms with Crippen LogP contribution in [0.5, 0.6) is 0 Å². The van der Waals surface area contributed by atoms with Gasteiger partial charge in [-0.25, -0.2) is 4.39 Å². The van der Waals surface area contributed by atoms with Crippen molar-refractivity contribution in [2.75, 3.05) is 5.43 Å². The van der Waals surface area contributed by atoms with Gasteiger partial charge in [0.25, 0.3) is 5.91 Å². The van der Waals surface area contributed by atoms with Gasteiger partial charge in [0.1, 0.15) is 5.82 Å². The molecule has 1 aliphatic carbocycles.